The van der Waals surface area contributed by atoms with E-state index in [1.54, 1.807) is 6.07 Å². The van der Waals surface area contributed by atoms with Gasteiger partial charge in [0.25, 0.3) is 12.3 Å². The number of nitrogens with zero attached hydrogens (tertiary/aromatic N) is 4. The van der Waals surface area contributed by atoms with Crippen molar-refractivity contribution < 1.29 is 39.6 Å². The summed E-state index contributed by atoms with van der Waals surface area (Å²) in [6.45, 7) is -0.943. The van der Waals surface area contributed by atoms with Gasteiger partial charge in [0.15, 0.2) is 5.82 Å². The molecule has 10 nitrogen and oxygen atoms in total. The highest BCUT2D eigenvalue weighted by Crippen LogP contribution is 2.62. The van der Waals surface area contributed by atoms with E-state index in [4.69, 9.17) is 28.9 Å². The number of benzene rings is 2. The number of sulfonamides is 1. The van der Waals surface area contributed by atoms with Gasteiger partial charge < -0.3 is 11.1 Å². The van der Waals surface area contributed by atoms with Crippen molar-refractivity contribution in [3.8, 4) is 11.1 Å². The number of nitrogens with two attached hydrogens (primary N) is 1. The molecule has 0 bridgehead atoms. The molecule has 0 saturated heterocycles. The zero-order valence-corrected chi connectivity index (χ0v) is 28.8. The zero-order valence-electron chi connectivity index (χ0n) is 26.5. The highest BCUT2D eigenvalue weighted by Gasteiger charge is 2.67. The maximum atomic E-state index is 15.1. The lowest BCUT2D eigenvalue weighted by Gasteiger charge is -2.22. The number of allylic oxidation sites excluding steroid dienone is 2. The van der Waals surface area contributed by atoms with Gasteiger partial charge in [0.05, 0.1) is 39.6 Å². The summed E-state index contributed by atoms with van der Waals surface area (Å²) < 4.78 is 114. The average molecular weight is 775 g/mol. The Morgan fingerprint density at radius 3 is 2.43 bits per heavy atom. The first kappa shape index (κ1) is 36.4. The highest BCUT2D eigenvalue weighted by molar-refractivity contribution is 7.92. The first-order valence-electron chi connectivity index (χ1n) is 15.1. The molecule has 2 saturated carbocycles. The van der Waals surface area contributed by atoms with Crippen LogP contribution >= 0.6 is 23.2 Å². The number of rotatable bonds is 10. The van der Waals surface area contributed by atoms with Gasteiger partial charge in [-0.2, -0.15) is 13.9 Å². The number of carbonyl (C=O) groups excluding carboxylic acids is 1. The van der Waals surface area contributed by atoms with Gasteiger partial charge in [-0.05, 0) is 54.7 Å². The Bertz CT molecular complexity index is 2240. The standard InChI is InChI=1S/C32H27Cl2F6N7O3S/c1-47-28-17(3-5-20(33)25(28)31(45-47)46-51(2,49)50)16-4-6-22(34)44-27(16)21(9-13-7-14(35)10-15(36)8-13)43-23(48)12-42-29-24(26(41)30(37)38)18-11-19(18)32(29,39)40/h3-8,10,18-19,21,30H,9,11-12,41H2,1-2H3,(H,43,48)(H,45,46)/t18-,19+,21-/m0/s1. The van der Waals surface area contributed by atoms with Gasteiger partial charge in [0, 0.05) is 35.7 Å². The van der Waals surface area contributed by atoms with E-state index in [-0.39, 0.29) is 45.5 Å². The number of alkyl halides is 4. The minimum absolute atomic E-state index is 0.0447. The van der Waals surface area contributed by atoms with Crippen LogP contribution in [0.2, 0.25) is 10.2 Å². The number of aryl methyl sites for hydroxylation is 1. The summed E-state index contributed by atoms with van der Waals surface area (Å²) in [5.41, 5.74) is 4.10. The van der Waals surface area contributed by atoms with Crippen molar-refractivity contribution in [1.29, 1.82) is 0 Å². The Morgan fingerprint density at radius 1 is 1.12 bits per heavy atom. The van der Waals surface area contributed by atoms with Gasteiger partial charge in [-0.1, -0.05) is 29.3 Å². The summed E-state index contributed by atoms with van der Waals surface area (Å²) >= 11 is 12.8. The van der Waals surface area contributed by atoms with Gasteiger partial charge >= 0.3 is 0 Å². The SMILES string of the molecule is Cn1nc(NS(C)(=O)=O)c2c(Cl)ccc(-c3ccc(Cl)nc3[C@H](Cc3cc(F)cc(F)c3)NC(=O)CN=C3C(=C(N)C(F)F)[C@H]4C[C@H]4C3(F)F)c21. The fourth-order valence-corrected chi connectivity index (χ4v) is 7.35. The summed E-state index contributed by atoms with van der Waals surface area (Å²) in [4.78, 5) is 21.6. The van der Waals surface area contributed by atoms with Gasteiger partial charge in [-0.15, -0.1) is 0 Å². The van der Waals surface area contributed by atoms with E-state index in [1.165, 1.54) is 29.9 Å². The monoisotopic (exact) mass is 773 g/mol. The molecule has 1 amide bonds. The molecule has 0 radical (unpaired) electrons. The van der Waals surface area contributed by atoms with Gasteiger partial charge in [0.1, 0.15) is 29.0 Å². The fraction of sp³-hybridized carbons (Fsp3) is 0.312. The van der Waals surface area contributed by atoms with Crippen LogP contribution in [0.25, 0.3) is 22.0 Å². The molecule has 2 heterocycles. The fourth-order valence-electron chi connectivity index (χ4n) is 6.46. The molecular formula is C32H27Cl2F6N7O3S. The Hall–Kier alpha value is -4.35. The normalized spacial score (nSPS) is 20.5. The molecule has 2 aromatic heterocycles. The van der Waals surface area contributed by atoms with E-state index in [0.717, 1.165) is 18.4 Å². The van der Waals surface area contributed by atoms with Crippen LogP contribution in [-0.2, 0) is 28.3 Å². The van der Waals surface area contributed by atoms with Crippen molar-refractivity contribution in [2.24, 2.45) is 29.6 Å². The second-order valence-electron chi connectivity index (χ2n) is 12.2. The summed E-state index contributed by atoms with van der Waals surface area (Å²) in [5.74, 6) is -8.62. The number of carbonyl (C=O) groups is 1. The molecule has 2 aliphatic carbocycles. The van der Waals surface area contributed by atoms with Crippen LogP contribution in [0.1, 0.15) is 23.7 Å². The van der Waals surface area contributed by atoms with E-state index in [0.29, 0.717) is 22.7 Å². The summed E-state index contributed by atoms with van der Waals surface area (Å²) in [6.07, 6.45) is -2.63. The van der Waals surface area contributed by atoms with Crippen molar-refractivity contribution in [3.63, 3.8) is 0 Å². The Balaban J connectivity index is 1.44. The maximum Gasteiger partial charge on any atom is 0.292 e. The third kappa shape index (κ3) is 7.23. The summed E-state index contributed by atoms with van der Waals surface area (Å²) in [6, 6.07) is 7.44. The number of aliphatic imine (C=N–C) groups is 1. The maximum absolute atomic E-state index is 15.1. The number of hydrogen-bond donors (Lipinski definition) is 3. The zero-order chi connectivity index (χ0) is 37.2. The molecule has 4 N–H and O–H groups in total. The average Bonchev–Trinajstić information content (AvgIpc) is 3.71. The number of halogens is 8. The van der Waals surface area contributed by atoms with E-state index in [2.05, 4.69) is 25.1 Å². The van der Waals surface area contributed by atoms with Crippen LogP contribution in [0, 0.1) is 23.5 Å². The van der Waals surface area contributed by atoms with E-state index >= 15 is 8.78 Å². The van der Waals surface area contributed by atoms with Crippen molar-refractivity contribution in [2.75, 3.05) is 17.5 Å². The van der Waals surface area contributed by atoms with Gasteiger partial charge in [0.2, 0.25) is 15.9 Å². The largest absolute Gasteiger partial charge is 0.397 e. The quantitative estimate of drug-likeness (QED) is 0.130. The third-order valence-corrected chi connectivity index (χ3v) is 9.64. The number of hydrogen-bond acceptors (Lipinski definition) is 7. The Morgan fingerprint density at radius 2 is 1.78 bits per heavy atom. The number of fused-ring (bicyclic) bond motifs is 2. The first-order chi connectivity index (χ1) is 23.9. The highest BCUT2D eigenvalue weighted by atomic mass is 35.5. The van der Waals surface area contributed by atoms with Crippen LogP contribution in [0.4, 0.5) is 32.2 Å². The molecule has 19 heteroatoms. The van der Waals surface area contributed by atoms with Crippen LogP contribution < -0.4 is 15.8 Å². The molecule has 6 rings (SSSR count). The molecule has 2 fully saturated rings. The molecule has 4 aromatic rings. The lowest BCUT2D eigenvalue weighted by molar-refractivity contribution is -0.120. The number of pyridine rings is 1. The van der Waals surface area contributed by atoms with Gasteiger partial charge in [-0.3, -0.25) is 19.2 Å². The van der Waals surface area contributed by atoms with Crippen molar-refractivity contribution in [1.82, 2.24) is 20.1 Å². The lowest BCUT2D eigenvalue weighted by atomic mass is 9.94. The topological polar surface area (TPSA) is 144 Å². The van der Waals surface area contributed by atoms with Crippen LogP contribution in [0.15, 0.2) is 58.7 Å². The minimum atomic E-state index is -3.79. The smallest absolute Gasteiger partial charge is 0.292 e. The third-order valence-electron chi connectivity index (χ3n) is 8.55. The number of nitrogens with one attached hydrogen (secondary N) is 2. The Labute approximate surface area is 296 Å². The minimum Gasteiger partial charge on any atom is -0.397 e. The Kier molecular flexibility index (Phi) is 9.52. The lowest BCUT2D eigenvalue weighted by Crippen LogP contribution is -2.35. The number of amides is 1. The molecule has 0 unspecified atom stereocenters. The second-order valence-corrected chi connectivity index (χ2v) is 14.8. The predicted molar refractivity (Wildman–Crippen MR) is 179 cm³/mol. The van der Waals surface area contributed by atoms with E-state index in [1.807, 2.05) is 0 Å². The molecule has 3 atom stereocenters. The van der Waals surface area contributed by atoms with Crippen molar-refractivity contribution in [3.05, 3.63) is 86.8 Å². The summed E-state index contributed by atoms with van der Waals surface area (Å²) in [7, 11) is -2.27. The number of aromatic nitrogens is 3. The van der Waals surface area contributed by atoms with E-state index < -0.39 is 81.3 Å². The molecule has 2 aromatic carbocycles. The first-order valence-corrected chi connectivity index (χ1v) is 17.7. The van der Waals surface area contributed by atoms with E-state index in [9.17, 15) is 30.8 Å². The predicted octanol–water partition coefficient (Wildman–Crippen LogP) is 6.20. The molecule has 51 heavy (non-hydrogen) atoms. The van der Waals surface area contributed by atoms with Crippen molar-refractivity contribution in [2.45, 2.75) is 31.2 Å². The number of anilines is 1. The molecule has 0 aliphatic heterocycles. The molecule has 270 valence electrons. The van der Waals surface area contributed by atoms with Crippen LogP contribution in [0.3, 0.4) is 0 Å². The van der Waals surface area contributed by atoms with Gasteiger partial charge in [-0.25, -0.2) is 31.0 Å². The molecule has 2 aliphatic rings. The van der Waals surface area contributed by atoms with Crippen LogP contribution in [-0.4, -0.2) is 59.9 Å². The summed E-state index contributed by atoms with van der Waals surface area (Å²) in [5, 5.41) is 7.18. The molecule has 0 spiro atoms. The van der Waals surface area contributed by atoms with Crippen molar-refractivity contribution >= 4 is 61.6 Å². The van der Waals surface area contributed by atoms with Crippen LogP contribution in [0.5, 0.6) is 0 Å². The molecular weight excluding hydrogens is 747 g/mol. The second kappa shape index (κ2) is 13.3.